The Kier molecular flexibility index (Phi) is 4.85. The van der Waals surface area contributed by atoms with Crippen molar-refractivity contribution >= 4 is 35.0 Å². The van der Waals surface area contributed by atoms with E-state index >= 15 is 0 Å². The fourth-order valence-corrected chi connectivity index (χ4v) is 1.84. The van der Waals surface area contributed by atoms with Crippen LogP contribution in [-0.2, 0) is 4.79 Å². The topological polar surface area (TPSA) is 64.3 Å². The van der Waals surface area contributed by atoms with Gasteiger partial charge in [-0.05, 0) is 35.9 Å². The van der Waals surface area contributed by atoms with Gasteiger partial charge in [0.25, 0.3) is 0 Å². The molecule has 0 fully saturated rings. The van der Waals surface area contributed by atoms with E-state index in [1.54, 1.807) is 36.4 Å². The number of halogens is 1. The van der Waals surface area contributed by atoms with Crippen molar-refractivity contribution in [2.24, 2.45) is 0 Å². The summed E-state index contributed by atoms with van der Waals surface area (Å²) in [5, 5.41) is 3.40. The number of ether oxygens (including phenoxy) is 1. The van der Waals surface area contributed by atoms with Crippen LogP contribution in [0, 0.1) is 0 Å². The molecule has 0 saturated carbocycles. The number of hydrogen-bond donors (Lipinski definition) is 2. The van der Waals surface area contributed by atoms with Crippen LogP contribution in [0.25, 0.3) is 6.08 Å². The average Bonchev–Trinajstić information content (AvgIpc) is 2.48. The fraction of sp³-hybridized carbons (Fsp3) is 0.0625. The molecule has 0 radical (unpaired) electrons. The standard InChI is InChI=1S/C16H15ClN2O2/c1-21-15-10-13(7-8-14(15)18)19-16(20)9-4-11-2-5-12(17)6-3-11/h2-10H,18H2,1H3,(H,19,20)/b9-4+. The van der Waals surface area contributed by atoms with Crippen LogP contribution in [-0.4, -0.2) is 13.0 Å². The van der Waals surface area contributed by atoms with Crippen molar-refractivity contribution in [3.05, 3.63) is 59.1 Å². The Labute approximate surface area is 128 Å². The number of benzene rings is 2. The van der Waals surface area contributed by atoms with E-state index in [-0.39, 0.29) is 5.91 Å². The molecule has 2 aromatic rings. The molecule has 0 heterocycles. The minimum atomic E-state index is -0.239. The third-order valence-electron chi connectivity index (χ3n) is 2.80. The molecule has 21 heavy (non-hydrogen) atoms. The van der Waals surface area contributed by atoms with E-state index < -0.39 is 0 Å². The smallest absolute Gasteiger partial charge is 0.248 e. The first-order chi connectivity index (χ1) is 10.1. The summed E-state index contributed by atoms with van der Waals surface area (Å²) in [7, 11) is 1.53. The van der Waals surface area contributed by atoms with Crippen molar-refractivity contribution in [1.82, 2.24) is 0 Å². The molecule has 0 unspecified atom stereocenters. The van der Waals surface area contributed by atoms with Gasteiger partial charge < -0.3 is 15.8 Å². The largest absolute Gasteiger partial charge is 0.495 e. The second-order valence-corrected chi connectivity index (χ2v) is 4.77. The minimum absolute atomic E-state index is 0.239. The lowest BCUT2D eigenvalue weighted by Crippen LogP contribution is -2.08. The summed E-state index contributed by atoms with van der Waals surface area (Å²) >= 11 is 5.80. The van der Waals surface area contributed by atoms with E-state index in [0.717, 1.165) is 5.56 Å². The van der Waals surface area contributed by atoms with Gasteiger partial charge in [-0.15, -0.1) is 0 Å². The summed E-state index contributed by atoms with van der Waals surface area (Å²) in [6.45, 7) is 0. The second-order valence-electron chi connectivity index (χ2n) is 4.33. The van der Waals surface area contributed by atoms with Gasteiger partial charge in [0, 0.05) is 22.9 Å². The maximum Gasteiger partial charge on any atom is 0.248 e. The van der Waals surface area contributed by atoms with Gasteiger partial charge in [0.2, 0.25) is 5.91 Å². The first-order valence-electron chi connectivity index (χ1n) is 6.26. The van der Waals surface area contributed by atoms with E-state index in [1.807, 2.05) is 12.1 Å². The maximum absolute atomic E-state index is 11.8. The number of nitrogens with one attached hydrogen (secondary N) is 1. The van der Waals surface area contributed by atoms with Crippen LogP contribution >= 0.6 is 11.6 Å². The number of amides is 1. The predicted molar refractivity (Wildman–Crippen MR) is 86.5 cm³/mol. The van der Waals surface area contributed by atoms with Crippen LogP contribution in [0.3, 0.4) is 0 Å². The molecule has 0 aliphatic carbocycles. The molecule has 1 amide bonds. The molecule has 4 nitrogen and oxygen atoms in total. The summed E-state index contributed by atoms with van der Waals surface area (Å²) in [6.07, 6.45) is 3.16. The summed E-state index contributed by atoms with van der Waals surface area (Å²) in [4.78, 5) is 11.8. The fourth-order valence-electron chi connectivity index (χ4n) is 1.72. The minimum Gasteiger partial charge on any atom is -0.495 e. The van der Waals surface area contributed by atoms with Gasteiger partial charge in [0.15, 0.2) is 0 Å². The monoisotopic (exact) mass is 302 g/mol. The lowest BCUT2D eigenvalue weighted by molar-refractivity contribution is -0.111. The first-order valence-corrected chi connectivity index (χ1v) is 6.64. The van der Waals surface area contributed by atoms with Gasteiger partial charge in [-0.25, -0.2) is 0 Å². The molecule has 0 spiro atoms. The summed E-state index contributed by atoms with van der Waals surface area (Å²) in [5.74, 6) is 0.284. The summed E-state index contributed by atoms with van der Waals surface area (Å²) in [6, 6.07) is 12.3. The highest BCUT2D eigenvalue weighted by atomic mass is 35.5. The highest BCUT2D eigenvalue weighted by Crippen LogP contribution is 2.24. The zero-order chi connectivity index (χ0) is 15.2. The van der Waals surface area contributed by atoms with Crippen molar-refractivity contribution < 1.29 is 9.53 Å². The number of carbonyl (C=O) groups excluding carboxylic acids is 1. The Morgan fingerprint density at radius 2 is 1.95 bits per heavy atom. The van der Waals surface area contributed by atoms with Crippen molar-refractivity contribution in [2.45, 2.75) is 0 Å². The van der Waals surface area contributed by atoms with Crippen molar-refractivity contribution in [3.8, 4) is 5.75 Å². The number of hydrogen-bond acceptors (Lipinski definition) is 3. The first kappa shape index (κ1) is 14.9. The molecule has 108 valence electrons. The van der Waals surface area contributed by atoms with Crippen LogP contribution in [0.4, 0.5) is 11.4 Å². The Hall–Kier alpha value is -2.46. The molecule has 2 aromatic carbocycles. The number of carbonyl (C=O) groups is 1. The Morgan fingerprint density at radius 3 is 2.62 bits per heavy atom. The third-order valence-corrected chi connectivity index (χ3v) is 3.05. The molecular formula is C16H15ClN2O2. The van der Waals surface area contributed by atoms with E-state index in [1.165, 1.54) is 13.2 Å². The van der Waals surface area contributed by atoms with Gasteiger partial charge in [0.1, 0.15) is 5.75 Å². The number of rotatable bonds is 4. The van der Waals surface area contributed by atoms with E-state index in [2.05, 4.69) is 5.32 Å². The maximum atomic E-state index is 11.8. The normalized spacial score (nSPS) is 10.6. The Bertz CT molecular complexity index is 666. The quantitative estimate of drug-likeness (QED) is 0.670. The van der Waals surface area contributed by atoms with Crippen LogP contribution in [0.1, 0.15) is 5.56 Å². The lowest BCUT2D eigenvalue weighted by atomic mass is 10.2. The molecule has 3 N–H and O–H groups in total. The Morgan fingerprint density at radius 1 is 1.24 bits per heavy atom. The third kappa shape index (κ3) is 4.26. The van der Waals surface area contributed by atoms with Crippen LogP contribution < -0.4 is 15.8 Å². The van der Waals surface area contributed by atoms with Crippen LogP contribution in [0.2, 0.25) is 5.02 Å². The molecule has 0 aliphatic heterocycles. The molecular weight excluding hydrogens is 288 g/mol. The molecule has 0 aromatic heterocycles. The van der Waals surface area contributed by atoms with Crippen molar-refractivity contribution in [3.63, 3.8) is 0 Å². The van der Waals surface area contributed by atoms with Crippen LogP contribution in [0.5, 0.6) is 5.75 Å². The molecule has 0 aliphatic rings. The number of nitrogen functional groups attached to an aromatic ring is 1. The Balaban J connectivity index is 2.03. The van der Waals surface area contributed by atoms with Gasteiger partial charge >= 0.3 is 0 Å². The molecule has 0 saturated heterocycles. The van der Waals surface area contributed by atoms with Crippen molar-refractivity contribution in [2.75, 3.05) is 18.2 Å². The molecule has 2 rings (SSSR count). The highest BCUT2D eigenvalue weighted by molar-refractivity contribution is 6.30. The van der Waals surface area contributed by atoms with Gasteiger partial charge in [-0.2, -0.15) is 0 Å². The number of anilines is 2. The van der Waals surface area contributed by atoms with E-state index in [4.69, 9.17) is 22.1 Å². The number of methoxy groups -OCH3 is 1. The van der Waals surface area contributed by atoms with E-state index in [9.17, 15) is 4.79 Å². The highest BCUT2D eigenvalue weighted by Gasteiger charge is 2.03. The zero-order valence-electron chi connectivity index (χ0n) is 11.5. The van der Waals surface area contributed by atoms with Crippen LogP contribution in [0.15, 0.2) is 48.5 Å². The van der Waals surface area contributed by atoms with E-state index in [0.29, 0.717) is 22.1 Å². The zero-order valence-corrected chi connectivity index (χ0v) is 12.2. The SMILES string of the molecule is COc1cc(NC(=O)/C=C/c2ccc(Cl)cc2)ccc1N. The number of nitrogens with two attached hydrogens (primary N) is 1. The van der Waals surface area contributed by atoms with Gasteiger partial charge in [-0.1, -0.05) is 23.7 Å². The summed E-state index contributed by atoms with van der Waals surface area (Å²) < 4.78 is 5.10. The van der Waals surface area contributed by atoms with Gasteiger partial charge in [0.05, 0.1) is 12.8 Å². The average molecular weight is 303 g/mol. The molecule has 5 heteroatoms. The lowest BCUT2D eigenvalue weighted by Gasteiger charge is -2.07. The molecule has 0 bridgehead atoms. The predicted octanol–water partition coefficient (Wildman–Crippen LogP) is 3.58. The van der Waals surface area contributed by atoms with Gasteiger partial charge in [-0.3, -0.25) is 4.79 Å². The molecule has 0 atom stereocenters. The summed E-state index contributed by atoms with van der Waals surface area (Å²) in [5.41, 5.74) is 7.75. The van der Waals surface area contributed by atoms with Crippen molar-refractivity contribution in [1.29, 1.82) is 0 Å². The second kappa shape index (κ2) is 6.81.